The van der Waals surface area contributed by atoms with Crippen molar-refractivity contribution in [3.63, 3.8) is 0 Å². The lowest BCUT2D eigenvalue weighted by atomic mass is 9.98. The second-order valence-electron chi connectivity index (χ2n) is 3.97. The second kappa shape index (κ2) is 5.01. The Kier molecular flexibility index (Phi) is 3.60. The van der Waals surface area contributed by atoms with Crippen LogP contribution in [0.1, 0.15) is 21.5 Å². The van der Waals surface area contributed by atoms with Gasteiger partial charge in [-0.1, -0.05) is 35.3 Å². The number of hydrogen-bond donors (Lipinski definition) is 1. The Bertz CT molecular complexity index is 619. The predicted octanol–water partition coefficient (Wildman–Crippen LogP) is 4.12. The van der Waals surface area contributed by atoms with Gasteiger partial charge in [-0.05, 0) is 36.8 Å². The van der Waals surface area contributed by atoms with E-state index in [0.29, 0.717) is 26.9 Å². The number of nitrogen functional groups attached to an aromatic ring is 1. The standard InChI is InChI=1S/C14H11Cl2NO/c1-8-10(3-2-4-13(8)17)14(18)11-7-9(15)5-6-12(11)16/h2-7H,17H2,1H3. The quantitative estimate of drug-likeness (QED) is 0.664. The van der Waals surface area contributed by atoms with E-state index in [1.54, 1.807) is 43.3 Å². The molecule has 0 heterocycles. The molecule has 0 radical (unpaired) electrons. The zero-order valence-corrected chi connectivity index (χ0v) is 11.2. The molecule has 0 saturated carbocycles. The third-order valence-electron chi connectivity index (χ3n) is 2.79. The van der Waals surface area contributed by atoms with E-state index in [-0.39, 0.29) is 5.78 Å². The van der Waals surface area contributed by atoms with Crippen molar-refractivity contribution in [2.75, 3.05) is 5.73 Å². The molecule has 2 rings (SSSR count). The summed E-state index contributed by atoms with van der Waals surface area (Å²) in [6.45, 7) is 1.81. The van der Waals surface area contributed by atoms with Gasteiger partial charge in [0, 0.05) is 21.8 Å². The zero-order chi connectivity index (χ0) is 13.3. The van der Waals surface area contributed by atoms with Crippen LogP contribution >= 0.6 is 23.2 Å². The first-order valence-electron chi connectivity index (χ1n) is 5.35. The van der Waals surface area contributed by atoms with Gasteiger partial charge < -0.3 is 5.73 Å². The fraction of sp³-hybridized carbons (Fsp3) is 0.0714. The highest BCUT2D eigenvalue weighted by Crippen LogP contribution is 2.25. The normalized spacial score (nSPS) is 10.4. The van der Waals surface area contributed by atoms with Crippen LogP contribution in [0.25, 0.3) is 0 Å². The van der Waals surface area contributed by atoms with Gasteiger partial charge in [-0.25, -0.2) is 0 Å². The Balaban J connectivity index is 2.55. The van der Waals surface area contributed by atoms with Crippen LogP contribution in [0.4, 0.5) is 5.69 Å². The molecule has 0 bridgehead atoms. The van der Waals surface area contributed by atoms with Crippen LogP contribution in [0.15, 0.2) is 36.4 Å². The van der Waals surface area contributed by atoms with E-state index in [1.807, 2.05) is 0 Å². The molecule has 0 fully saturated rings. The zero-order valence-electron chi connectivity index (χ0n) is 9.71. The van der Waals surface area contributed by atoms with E-state index < -0.39 is 0 Å². The van der Waals surface area contributed by atoms with Crippen molar-refractivity contribution >= 4 is 34.7 Å². The van der Waals surface area contributed by atoms with Gasteiger partial charge in [-0.3, -0.25) is 4.79 Å². The molecule has 2 aromatic rings. The van der Waals surface area contributed by atoms with Crippen LogP contribution < -0.4 is 5.73 Å². The lowest BCUT2D eigenvalue weighted by Gasteiger charge is -2.09. The molecule has 0 atom stereocenters. The van der Waals surface area contributed by atoms with Crippen molar-refractivity contribution in [3.8, 4) is 0 Å². The average Bonchev–Trinajstić information content (AvgIpc) is 2.35. The Morgan fingerprint density at radius 2 is 1.83 bits per heavy atom. The molecule has 0 aromatic heterocycles. The number of anilines is 1. The number of halogens is 2. The van der Waals surface area contributed by atoms with Gasteiger partial charge in [0.25, 0.3) is 0 Å². The van der Waals surface area contributed by atoms with Crippen LogP contribution in [0, 0.1) is 6.92 Å². The van der Waals surface area contributed by atoms with Gasteiger partial charge in [0.2, 0.25) is 0 Å². The highest BCUT2D eigenvalue weighted by molar-refractivity contribution is 6.36. The lowest BCUT2D eigenvalue weighted by molar-refractivity contribution is 0.103. The molecule has 2 aromatic carbocycles. The molecule has 92 valence electrons. The minimum atomic E-state index is -0.174. The summed E-state index contributed by atoms with van der Waals surface area (Å²) in [5.41, 5.74) is 8.05. The lowest BCUT2D eigenvalue weighted by Crippen LogP contribution is -2.06. The second-order valence-corrected chi connectivity index (χ2v) is 4.82. The molecule has 18 heavy (non-hydrogen) atoms. The van der Waals surface area contributed by atoms with Crippen LogP contribution in [0.3, 0.4) is 0 Å². The molecule has 0 saturated heterocycles. The van der Waals surface area contributed by atoms with Crippen LogP contribution in [-0.2, 0) is 0 Å². The summed E-state index contributed by atoms with van der Waals surface area (Å²) >= 11 is 11.9. The van der Waals surface area contributed by atoms with E-state index in [4.69, 9.17) is 28.9 Å². The summed E-state index contributed by atoms with van der Waals surface area (Å²) in [5.74, 6) is -0.174. The average molecular weight is 280 g/mol. The first-order chi connectivity index (χ1) is 8.50. The minimum Gasteiger partial charge on any atom is -0.398 e. The summed E-state index contributed by atoms with van der Waals surface area (Å²) < 4.78 is 0. The van der Waals surface area contributed by atoms with E-state index in [2.05, 4.69) is 0 Å². The van der Waals surface area contributed by atoms with Crippen molar-refractivity contribution in [2.45, 2.75) is 6.92 Å². The van der Waals surface area contributed by atoms with Crippen molar-refractivity contribution in [3.05, 3.63) is 63.1 Å². The van der Waals surface area contributed by atoms with Crippen LogP contribution in [0.2, 0.25) is 10.0 Å². The van der Waals surface area contributed by atoms with Gasteiger partial charge >= 0.3 is 0 Å². The van der Waals surface area contributed by atoms with Crippen molar-refractivity contribution in [1.29, 1.82) is 0 Å². The summed E-state index contributed by atoms with van der Waals surface area (Å²) in [4.78, 5) is 12.4. The monoisotopic (exact) mass is 279 g/mol. The maximum absolute atomic E-state index is 12.4. The molecular formula is C14H11Cl2NO. The molecule has 4 heteroatoms. The number of carbonyl (C=O) groups is 1. The maximum atomic E-state index is 12.4. The number of hydrogen-bond acceptors (Lipinski definition) is 2. The van der Waals surface area contributed by atoms with Crippen molar-refractivity contribution in [2.24, 2.45) is 0 Å². The van der Waals surface area contributed by atoms with E-state index >= 15 is 0 Å². The molecule has 2 nitrogen and oxygen atoms in total. The largest absolute Gasteiger partial charge is 0.398 e. The molecule has 2 N–H and O–H groups in total. The first-order valence-corrected chi connectivity index (χ1v) is 6.11. The smallest absolute Gasteiger partial charge is 0.194 e. The number of ketones is 1. The highest BCUT2D eigenvalue weighted by Gasteiger charge is 2.16. The molecule has 0 aliphatic carbocycles. The van der Waals surface area contributed by atoms with Crippen molar-refractivity contribution < 1.29 is 4.79 Å². The van der Waals surface area contributed by atoms with Crippen LogP contribution in [0.5, 0.6) is 0 Å². The van der Waals surface area contributed by atoms with Crippen LogP contribution in [-0.4, -0.2) is 5.78 Å². The molecule has 0 spiro atoms. The fourth-order valence-corrected chi connectivity index (χ4v) is 2.09. The maximum Gasteiger partial charge on any atom is 0.194 e. The summed E-state index contributed by atoms with van der Waals surface area (Å²) in [7, 11) is 0. The first kappa shape index (κ1) is 12.9. The van der Waals surface area contributed by atoms with Gasteiger partial charge in [0.05, 0.1) is 5.02 Å². The fourth-order valence-electron chi connectivity index (χ4n) is 1.72. The van der Waals surface area contributed by atoms with Gasteiger partial charge in [-0.15, -0.1) is 0 Å². The van der Waals surface area contributed by atoms with Gasteiger partial charge in [0.1, 0.15) is 0 Å². The predicted molar refractivity (Wildman–Crippen MR) is 75.5 cm³/mol. The minimum absolute atomic E-state index is 0.174. The molecule has 0 unspecified atom stereocenters. The number of rotatable bonds is 2. The number of nitrogens with two attached hydrogens (primary N) is 1. The Labute approximate surface area is 115 Å². The van der Waals surface area contributed by atoms with Gasteiger partial charge in [0.15, 0.2) is 5.78 Å². The Hall–Kier alpha value is -1.51. The van der Waals surface area contributed by atoms with E-state index in [9.17, 15) is 4.79 Å². The number of benzene rings is 2. The molecule has 0 amide bonds. The van der Waals surface area contributed by atoms with Crippen molar-refractivity contribution in [1.82, 2.24) is 0 Å². The van der Waals surface area contributed by atoms with Gasteiger partial charge in [-0.2, -0.15) is 0 Å². The molecular weight excluding hydrogens is 269 g/mol. The molecule has 0 aliphatic heterocycles. The number of carbonyl (C=O) groups excluding carboxylic acids is 1. The SMILES string of the molecule is Cc1c(N)cccc1C(=O)c1cc(Cl)ccc1Cl. The third kappa shape index (κ3) is 2.35. The third-order valence-corrected chi connectivity index (χ3v) is 3.36. The highest BCUT2D eigenvalue weighted by atomic mass is 35.5. The Morgan fingerprint density at radius 1 is 1.11 bits per heavy atom. The molecule has 0 aliphatic rings. The van der Waals surface area contributed by atoms with E-state index in [1.165, 1.54) is 0 Å². The summed E-state index contributed by atoms with van der Waals surface area (Å²) in [6, 6.07) is 10.0. The Morgan fingerprint density at radius 3 is 2.56 bits per heavy atom. The van der Waals surface area contributed by atoms with E-state index in [0.717, 1.165) is 5.56 Å². The summed E-state index contributed by atoms with van der Waals surface area (Å²) in [5, 5.41) is 0.857. The summed E-state index contributed by atoms with van der Waals surface area (Å²) in [6.07, 6.45) is 0. The topological polar surface area (TPSA) is 43.1 Å².